The van der Waals surface area contributed by atoms with Gasteiger partial charge in [0, 0.05) is 30.0 Å². The van der Waals surface area contributed by atoms with Crippen molar-refractivity contribution in [3.63, 3.8) is 0 Å². The first-order valence-electron chi connectivity index (χ1n) is 8.81. The minimum Gasteiger partial charge on any atom is -0.359 e. The standard InChI is InChI=1S/C19H19N5OS/c1-19(2)13-5-3-8-21-16(13)24(17(19)25)12-9-11(10-12)22-18-23-15-14(26-18)6-4-7-20-15/h3-8,11-12H,9-10H2,1-2H3,(H,20,22,23). The van der Waals surface area contributed by atoms with Crippen LogP contribution < -0.4 is 10.2 Å². The normalized spacial score (nSPS) is 23.8. The monoisotopic (exact) mass is 365 g/mol. The van der Waals surface area contributed by atoms with E-state index in [-0.39, 0.29) is 11.9 Å². The van der Waals surface area contributed by atoms with Gasteiger partial charge in [0.1, 0.15) is 5.82 Å². The fraction of sp³-hybridized carbons (Fsp3) is 0.368. The highest BCUT2D eigenvalue weighted by molar-refractivity contribution is 7.22. The molecule has 3 aromatic rings. The zero-order valence-electron chi connectivity index (χ0n) is 14.6. The van der Waals surface area contributed by atoms with Gasteiger partial charge in [-0.05, 0) is 44.9 Å². The number of fused-ring (bicyclic) bond motifs is 2. The van der Waals surface area contributed by atoms with Crippen LogP contribution in [0.3, 0.4) is 0 Å². The fourth-order valence-corrected chi connectivity index (χ4v) is 4.75. The maximum atomic E-state index is 12.9. The molecule has 1 amide bonds. The van der Waals surface area contributed by atoms with Gasteiger partial charge in [0.25, 0.3) is 0 Å². The van der Waals surface area contributed by atoms with Gasteiger partial charge in [-0.15, -0.1) is 0 Å². The second-order valence-electron chi connectivity index (χ2n) is 7.49. The number of anilines is 2. The van der Waals surface area contributed by atoms with E-state index in [0.29, 0.717) is 6.04 Å². The molecule has 26 heavy (non-hydrogen) atoms. The molecule has 1 N–H and O–H groups in total. The van der Waals surface area contributed by atoms with E-state index in [9.17, 15) is 4.79 Å². The van der Waals surface area contributed by atoms with Crippen LogP contribution in [0.15, 0.2) is 36.7 Å². The van der Waals surface area contributed by atoms with E-state index < -0.39 is 5.41 Å². The first kappa shape index (κ1) is 15.7. The third-order valence-electron chi connectivity index (χ3n) is 5.41. The van der Waals surface area contributed by atoms with Crippen LogP contribution in [0.1, 0.15) is 32.3 Å². The number of carbonyl (C=O) groups is 1. The number of thiazole rings is 1. The van der Waals surface area contributed by atoms with Crippen molar-refractivity contribution in [1.82, 2.24) is 15.0 Å². The average Bonchev–Trinajstić information content (AvgIpc) is 3.09. The third-order valence-corrected chi connectivity index (χ3v) is 6.35. The summed E-state index contributed by atoms with van der Waals surface area (Å²) in [4.78, 5) is 28.2. The van der Waals surface area contributed by atoms with Crippen LogP contribution in [0.4, 0.5) is 10.9 Å². The van der Waals surface area contributed by atoms with E-state index in [4.69, 9.17) is 0 Å². The molecule has 1 saturated carbocycles. The topological polar surface area (TPSA) is 71.0 Å². The zero-order valence-corrected chi connectivity index (χ0v) is 15.5. The van der Waals surface area contributed by atoms with Gasteiger partial charge in [0.2, 0.25) is 5.91 Å². The zero-order chi connectivity index (χ0) is 17.9. The van der Waals surface area contributed by atoms with Crippen molar-refractivity contribution in [1.29, 1.82) is 0 Å². The highest BCUT2D eigenvalue weighted by Crippen LogP contribution is 2.44. The van der Waals surface area contributed by atoms with Gasteiger partial charge in [0.05, 0.1) is 10.1 Å². The Morgan fingerprint density at radius 2 is 1.96 bits per heavy atom. The SMILES string of the molecule is CC1(C)C(=O)N(C2CC(Nc3nc4ncccc4s3)C2)c2ncccc21. The molecule has 0 aromatic carbocycles. The first-order chi connectivity index (χ1) is 12.5. The van der Waals surface area contributed by atoms with Gasteiger partial charge in [-0.25, -0.2) is 15.0 Å². The van der Waals surface area contributed by atoms with E-state index in [1.54, 1.807) is 23.7 Å². The van der Waals surface area contributed by atoms with Gasteiger partial charge in [-0.3, -0.25) is 9.69 Å². The molecule has 7 heteroatoms. The van der Waals surface area contributed by atoms with E-state index in [1.807, 2.05) is 43.0 Å². The van der Waals surface area contributed by atoms with Crippen LogP contribution in [0, 0.1) is 0 Å². The summed E-state index contributed by atoms with van der Waals surface area (Å²) in [6.07, 6.45) is 5.34. The van der Waals surface area contributed by atoms with Gasteiger partial charge in [0.15, 0.2) is 10.8 Å². The highest BCUT2D eigenvalue weighted by Gasteiger charge is 2.50. The molecule has 1 fully saturated rings. The Morgan fingerprint density at radius 3 is 2.77 bits per heavy atom. The molecule has 0 radical (unpaired) electrons. The minimum atomic E-state index is -0.499. The predicted octanol–water partition coefficient (Wildman–Crippen LogP) is 3.35. The number of amides is 1. The summed E-state index contributed by atoms with van der Waals surface area (Å²) in [5, 5.41) is 4.39. The number of hydrogen-bond acceptors (Lipinski definition) is 6. The lowest BCUT2D eigenvalue weighted by molar-refractivity contribution is -0.122. The third kappa shape index (κ3) is 2.23. The van der Waals surface area contributed by atoms with E-state index in [0.717, 1.165) is 39.7 Å². The van der Waals surface area contributed by atoms with Crippen LogP contribution in [0.5, 0.6) is 0 Å². The quantitative estimate of drug-likeness (QED) is 0.771. The Labute approximate surface area is 155 Å². The lowest BCUT2D eigenvalue weighted by Gasteiger charge is -2.41. The fourth-order valence-electron chi connectivity index (χ4n) is 3.85. The van der Waals surface area contributed by atoms with Crippen LogP contribution in [-0.4, -0.2) is 32.9 Å². The average molecular weight is 365 g/mol. The molecule has 6 nitrogen and oxygen atoms in total. The van der Waals surface area contributed by atoms with E-state index >= 15 is 0 Å². The maximum Gasteiger partial charge on any atom is 0.238 e. The second-order valence-corrected chi connectivity index (χ2v) is 8.52. The van der Waals surface area contributed by atoms with Crippen molar-refractivity contribution in [2.24, 2.45) is 0 Å². The number of pyridine rings is 2. The second kappa shape index (κ2) is 5.48. The van der Waals surface area contributed by atoms with Crippen LogP contribution in [0.2, 0.25) is 0 Å². The smallest absolute Gasteiger partial charge is 0.238 e. The van der Waals surface area contributed by atoms with Crippen molar-refractivity contribution < 1.29 is 4.79 Å². The van der Waals surface area contributed by atoms with Gasteiger partial charge in [-0.2, -0.15) is 0 Å². The Hall–Kier alpha value is -2.54. The Bertz CT molecular complexity index is 975. The maximum absolute atomic E-state index is 12.9. The summed E-state index contributed by atoms with van der Waals surface area (Å²) in [7, 11) is 0. The highest BCUT2D eigenvalue weighted by atomic mass is 32.1. The lowest BCUT2D eigenvalue weighted by atomic mass is 9.84. The lowest BCUT2D eigenvalue weighted by Crippen LogP contribution is -2.53. The number of nitrogens with one attached hydrogen (secondary N) is 1. The molecule has 3 aromatic heterocycles. The molecule has 132 valence electrons. The van der Waals surface area contributed by atoms with Crippen molar-refractivity contribution in [2.45, 2.75) is 44.2 Å². The molecule has 0 unspecified atom stereocenters. The van der Waals surface area contributed by atoms with Crippen molar-refractivity contribution in [2.75, 3.05) is 10.2 Å². The first-order valence-corrected chi connectivity index (χ1v) is 9.63. The van der Waals surface area contributed by atoms with Crippen LogP contribution in [0.25, 0.3) is 10.3 Å². The molecule has 1 aliphatic carbocycles. The molecular formula is C19H19N5OS. The molecule has 0 bridgehead atoms. The van der Waals surface area contributed by atoms with Crippen molar-refractivity contribution in [3.8, 4) is 0 Å². The summed E-state index contributed by atoms with van der Waals surface area (Å²) in [6.45, 7) is 3.97. The summed E-state index contributed by atoms with van der Waals surface area (Å²) >= 11 is 1.62. The molecule has 4 heterocycles. The molecule has 1 aliphatic heterocycles. The molecule has 0 atom stereocenters. The molecule has 0 spiro atoms. The van der Waals surface area contributed by atoms with Gasteiger partial charge in [-0.1, -0.05) is 17.4 Å². The Balaban J connectivity index is 1.32. The van der Waals surface area contributed by atoms with Gasteiger partial charge < -0.3 is 5.32 Å². The van der Waals surface area contributed by atoms with E-state index in [2.05, 4.69) is 20.3 Å². The summed E-state index contributed by atoms with van der Waals surface area (Å²) in [5.74, 6) is 0.981. The number of hydrogen-bond donors (Lipinski definition) is 1. The Kier molecular flexibility index (Phi) is 3.31. The summed E-state index contributed by atoms with van der Waals surface area (Å²) < 4.78 is 1.08. The number of rotatable bonds is 3. The molecule has 0 saturated heterocycles. The predicted molar refractivity (Wildman–Crippen MR) is 103 cm³/mol. The van der Waals surface area contributed by atoms with Crippen molar-refractivity contribution >= 4 is 38.5 Å². The molecule has 2 aliphatic rings. The summed E-state index contributed by atoms with van der Waals surface area (Å²) in [6, 6.07) is 8.40. The van der Waals surface area contributed by atoms with Gasteiger partial charge >= 0.3 is 0 Å². The minimum absolute atomic E-state index is 0.152. The number of nitrogens with zero attached hydrogens (tertiary/aromatic N) is 4. The number of aromatic nitrogens is 3. The molecule has 5 rings (SSSR count). The summed E-state index contributed by atoms with van der Waals surface area (Å²) in [5.41, 5.74) is 1.31. The van der Waals surface area contributed by atoms with Crippen LogP contribution >= 0.6 is 11.3 Å². The molecular weight excluding hydrogens is 346 g/mol. The largest absolute Gasteiger partial charge is 0.359 e. The van der Waals surface area contributed by atoms with Crippen LogP contribution in [-0.2, 0) is 10.2 Å². The van der Waals surface area contributed by atoms with Crippen molar-refractivity contribution in [3.05, 3.63) is 42.2 Å². The Morgan fingerprint density at radius 1 is 1.19 bits per heavy atom. The number of carbonyl (C=O) groups excluding carboxylic acids is 1. The van der Waals surface area contributed by atoms with E-state index in [1.165, 1.54) is 0 Å².